The molecular formula is C10H15ClN2O2S. The average molecular weight is 263 g/mol. The molecule has 2 aliphatic heterocycles. The predicted molar refractivity (Wildman–Crippen MR) is 68.0 cm³/mol. The van der Waals surface area contributed by atoms with Crippen molar-refractivity contribution in [2.75, 3.05) is 13.1 Å². The van der Waals surface area contributed by atoms with Crippen LogP contribution in [0.2, 0.25) is 0 Å². The van der Waals surface area contributed by atoms with Crippen LogP contribution in [0, 0.1) is 0 Å². The molecule has 0 aromatic heterocycles. The molecule has 0 radical (unpaired) electrons. The third-order valence-corrected chi connectivity index (χ3v) is 3.63. The van der Waals surface area contributed by atoms with Crippen LogP contribution in [0.15, 0.2) is 15.6 Å². The number of amidine groups is 1. The van der Waals surface area contributed by atoms with Gasteiger partial charge in [0.15, 0.2) is 5.17 Å². The van der Waals surface area contributed by atoms with Crippen molar-refractivity contribution >= 4 is 35.3 Å². The molecule has 0 atom stereocenters. The summed E-state index contributed by atoms with van der Waals surface area (Å²) in [5.74, 6) is -0.819. The molecule has 0 fully saturated rings. The van der Waals surface area contributed by atoms with Crippen molar-refractivity contribution < 1.29 is 9.90 Å². The first-order chi connectivity index (χ1) is 7.24. The van der Waals surface area contributed by atoms with E-state index in [9.17, 15) is 4.79 Å². The molecule has 0 amide bonds. The van der Waals surface area contributed by atoms with Gasteiger partial charge in [0, 0.05) is 18.8 Å². The van der Waals surface area contributed by atoms with E-state index in [0.717, 1.165) is 43.2 Å². The molecule has 90 valence electrons. The fourth-order valence-corrected chi connectivity index (χ4v) is 2.91. The number of nitrogens with zero attached hydrogens (tertiary/aromatic N) is 2. The Labute approximate surface area is 105 Å². The molecule has 1 N–H and O–H groups in total. The molecule has 2 rings (SSSR count). The summed E-state index contributed by atoms with van der Waals surface area (Å²) in [5.41, 5.74) is 0.952. The van der Waals surface area contributed by atoms with E-state index in [0.29, 0.717) is 4.91 Å². The summed E-state index contributed by atoms with van der Waals surface area (Å²) in [6.07, 6.45) is 2.81. The molecule has 0 aliphatic carbocycles. The van der Waals surface area contributed by atoms with Crippen LogP contribution in [-0.4, -0.2) is 34.2 Å². The molecule has 0 aromatic rings. The van der Waals surface area contributed by atoms with Crippen LogP contribution in [0.4, 0.5) is 0 Å². The lowest BCUT2D eigenvalue weighted by Crippen LogP contribution is -2.29. The van der Waals surface area contributed by atoms with Crippen molar-refractivity contribution in [1.82, 2.24) is 4.90 Å². The molecule has 2 aliphatic rings. The number of aliphatic imine (C=N–C) groups is 1. The second kappa shape index (κ2) is 5.59. The molecule has 2 heterocycles. The number of allylic oxidation sites excluding steroid dienone is 1. The van der Waals surface area contributed by atoms with E-state index < -0.39 is 5.97 Å². The van der Waals surface area contributed by atoms with Crippen molar-refractivity contribution in [2.45, 2.75) is 26.2 Å². The fraction of sp³-hybridized carbons (Fsp3) is 0.600. The van der Waals surface area contributed by atoms with Crippen molar-refractivity contribution in [3.05, 3.63) is 10.6 Å². The zero-order valence-electron chi connectivity index (χ0n) is 9.10. The maximum absolute atomic E-state index is 11.1. The SMILES string of the molecule is CCCC1=C(C(=O)O)SC2=NCCCN21.Cl. The topological polar surface area (TPSA) is 52.9 Å². The van der Waals surface area contributed by atoms with Gasteiger partial charge in [0.05, 0.1) is 0 Å². The second-order valence-electron chi connectivity index (χ2n) is 3.60. The summed E-state index contributed by atoms with van der Waals surface area (Å²) in [4.78, 5) is 18.0. The van der Waals surface area contributed by atoms with E-state index in [1.54, 1.807) is 0 Å². The Hall–Kier alpha value is -0.680. The molecule has 6 heteroatoms. The van der Waals surface area contributed by atoms with Gasteiger partial charge in [-0.05, 0) is 24.6 Å². The summed E-state index contributed by atoms with van der Waals surface area (Å²) >= 11 is 1.31. The minimum atomic E-state index is -0.819. The first-order valence-electron chi connectivity index (χ1n) is 5.20. The fourth-order valence-electron chi connectivity index (χ4n) is 1.85. The Morgan fingerprint density at radius 2 is 2.38 bits per heavy atom. The second-order valence-corrected chi connectivity index (χ2v) is 4.58. The third-order valence-electron chi connectivity index (χ3n) is 2.48. The van der Waals surface area contributed by atoms with Crippen LogP contribution in [0.5, 0.6) is 0 Å². The summed E-state index contributed by atoms with van der Waals surface area (Å²) in [7, 11) is 0. The summed E-state index contributed by atoms with van der Waals surface area (Å²) < 4.78 is 0. The normalized spacial score (nSPS) is 19.1. The number of rotatable bonds is 3. The first-order valence-corrected chi connectivity index (χ1v) is 6.02. The number of halogens is 1. The van der Waals surface area contributed by atoms with E-state index >= 15 is 0 Å². The number of carboxylic acids is 1. The van der Waals surface area contributed by atoms with E-state index in [2.05, 4.69) is 16.8 Å². The van der Waals surface area contributed by atoms with Gasteiger partial charge >= 0.3 is 5.97 Å². The Balaban J connectivity index is 0.00000128. The van der Waals surface area contributed by atoms with E-state index in [-0.39, 0.29) is 12.4 Å². The maximum atomic E-state index is 11.1. The maximum Gasteiger partial charge on any atom is 0.344 e. The van der Waals surface area contributed by atoms with Crippen LogP contribution in [0.3, 0.4) is 0 Å². The lowest BCUT2D eigenvalue weighted by atomic mass is 10.2. The van der Waals surface area contributed by atoms with E-state index in [4.69, 9.17) is 5.11 Å². The molecule has 0 saturated carbocycles. The number of aliphatic carboxylic acids is 1. The van der Waals surface area contributed by atoms with Gasteiger partial charge in [0.2, 0.25) is 0 Å². The molecule has 0 spiro atoms. The van der Waals surface area contributed by atoms with Gasteiger partial charge < -0.3 is 10.0 Å². The van der Waals surface area contributed by atoms with Gasteiger partial charge in [-0.1, -0.05) is 13.3 Å². The van der Waals surface area contributed by atoms with Gasteiger partial charge in [-0.25, -0.2) is 4.79 Å². The van der Waals surface area contributed by atoms with E-state index in [1.165, 1.54) is 11.8 Å². The standard InChI is InChI=1S/C10H14N2O2S.ClH/c1-2-4-7-8(9(13)14)15-10-11-5-3-6-12(7)10;/h2-6H2,1H3,(H,13,14);1H. The lowest BCUT2D eigenvalue weighted by molar-refractivity contribution is -0.131. The minimum absolute atomic E-state index is 0. The van der Waals surface area contributed by atoms with Gasteiger partial charge in [-0.15, -0.1) is 12.4 Å². The zero-order chi connectivity index (χ0) is 10.8. The van der Waals surface area contributed by atoms with Crippen LogP contribution < -0.4 is 0 Å². The zero-order valence-corrected chi connectivity index (χ0v) is 10.7. The van der Waals surface area contributed by atoms with Crippen LogP contribution in [0.1, 0.15) is 26.2 Å². The van der Waals surface area contributed by atoms with Crippen LogP contribution >= 0.6 is 24.2 Å². The number of carbonyl (C=O) groups is 1. The molecule has 0 aromatic carbocycles. The quantitative estimate of drug-likeness (QED) is 0.848. The van der Waals surface area contributed by atoms with Gasteiger partial charge in [-0.3, -0.25) is 4.99 Å². The molecule has 16 heavy (non-hydrogen) atoms. The highest BCUT2D eigenvalue weighted by molar-refractivity contribution is 8.18. The third kappa shape index (κ3) is 2.35. The van der Waals surface area contributed by atoms with Crippen molar-refractivity contribution in [1.29, 1.82) is 0 Å². The van der Waals surface area contributed by atoms with Crippen molar-refractivity contribution in [3.8, 4) is 0 Å². The average Bonchev–Trinajstić information content (AvgIpc) is 2.58. The summed E-state index contributed by atoms with van der Waals surface area (Å²) in [6, 6.07) is 0. The summed E-state index contributed by atoms with van der Waals surface area (Å²) in [5, 5.41) is 9.97. The first kappa shape index (κ1) is 13.4. The molecule has 0 bridgehead atoms. The minimum Gasteiger partial charge on any atom is -0.477 e. The number of hydrogen-bond donors (Lipinski definition) is 1. The van der Waals surface area contributed by atoms with Crippen molar-refractivity contribution in [2.24, 2.45) is 4.99 Å². The molecular weight excluding hydrogens is 248 g/mol. The number of hydrogen-bond acceptors (Lipinski definition) is 4. The van der Waals surface area contributed by atoms with Crippen LogP contribution in [0.25, 0.3) is 0 Å². The Kier molecular flexibility index (Phi) is 4.68. The summed E-state index contributed by atoms with van der Waals surface area (Å²) in [6.45, 7) is 3.80. The van der Waals surface area contributed by atoms with Crippen molar-refractivity contribution in [3.63, 3.8) is 0 Å². The van der Waals surface area contributed by atoms with Crippen LogP contribution in [-0.2, 0) is 4.79 Å². The van der Waals surface area contributed by atoms with Gasteiger partial charge in [0.25, 0.3) is 0 Å². The molecule has 0 unspecified atom stereocenters. The Morgan fingerprint density at radius 3 is 3.00 bits per heavy atom. The highest BCUT2D eigenvalue weighted by Gasteiger charge is 2.33. The molecule has 4 nitrogen and oxygen atoms in total. The largest absolute Gasteiger partial charge is 0.477 e. The predicted octanol–water partition coefficient (Wildman–Crippen LogP) is 2.31. The highest BCUT2D eigenvalue weighted by atomic mass is 35.5. The number of thioether (sulfide) groups is 1. The number of carboxylic acid groups (broad SMARTS) is 1. The molecule has 0 saturated heterocycles. The lowest BCUT2D eigenvalue weighted by Gasteiger charge is -2.24. The number of fused-ring (bicyclic) bond motifs is 1. The Morgan fingerprint density at radius 1 is 1.62 bits per heavy atom. The monoisotopic (exact) mass is 262 g/mol. The van der Waals surface area contributed by atoms with Gasteiger partial charge in [-0.2, -0.15) is 0 Å². The highest BCUT2D eigenvalue weighted by Crippen LogP contribution is 2.38. The smallest absolute Gasteiger partial charge is 0.344 e. The Bertz CT molecular complexity index is 355. The van der Waals surface area contributed by atoms with E-state index in [1.807, 2.05) is 0 Å². The van der Waals surface area contributed by atoms with Gasteiger partial charge in [0.1, 0.15) is 4.91 Å².